The minimum atomic E-state index is -1.22. The molecule has 2 unspecified atom stereocenters. The highest BCUT2D eigenvalue weighted by Crippen LogP contribution is 2.30. The van der Waals surface area contributed by atoms with Gasteiger partial charge in [0.05, 0.1) is 11.1 Å². The van der Waals surface area contributed by atoms with E-state index in [4.69, 9.17) is 16.7 Å². The Bertz CT molecular complexity index is 370. The highest BCUT2D eigenvalue weighted by atomic mass is 35.5. The molecule has 1 aromatic carbocycles. The van der Waals surface area contributed by atoms with Crippen molar-refractivity contribution in [3.8, 4) is 0 Å². The van der Waals surface area contributed by atoms with Gasteiger partial charge in [0.25, 0.3) is 0 Å². The Morgan fingerprint density at radius 2 is 2.00 bits per heavy atom. The largest absolute Gasteiger partial charge is 0.396 e. The van der Waals surface area contributed by atoms with Crippen molar-refractivity contribution in [1.29, 1.82) is 0 Å². The van der Waals surface area contributed by atoms with Gasteiger partial charge in [0.1, 0.15) is 11.9 Å². The van der Waals surface area contributed by atoms with Crippen LogP contribution >= 0.6 is 11.6 Å². The fraction of sp³-hybridized carbons (Fsp3) is 0.455. The molecule has 16 heavy (non-hydrogen) atoms. The topological polar surface area (TPSA) is 60.7 Å². The zero-order chi connectivity index (χ0) is 12.3. The molecule has 0 bridgehead atoms. The Hall–Kier alpha value is -0.680. The van der Waals surface area contributed by atoms with E-state index < -0.39 is 18.0 Å². The lowest BCUT2D eigenvalue weighted by atomic mass is 10.0. The van der Waals surface area contributed by atoms with E-state index in [1.807, 2.05) is 0 Å². The van der Waals surface area contributed by atoms with E-state index in [0.717, 1.165) is 0 Å². The van der Waals surface area contributed by atoms with Gasteiger partial charge in [-0.25, -0.2) is 4.39 Å². The zero-order valence-corrected chi connectivity index (χ0v) is 9.58. The monoisotopic (exact) mass is 248 g/mol. The van der Waals surface area contributed by atoms with E-state index >= 15 is 0 Å². The second-order valence-corrected chi connectivity index (χ2v) is 3.98. The number of aliphatic hydroxyl groups is 3. The van der Waals surface area contributed by atoms with Crippen LogP contribution in [0.25, 0.3) is 0 Å². The van der Waals surface area contributed by atoms with Gasteiger partial charge in [-0.05, 0) is 19.4 Å². The highest BCUT2D eigenvalue weighted by molar-refractivity contribution is 6.32. The van der Waals surface area contributed by atoms with Crippen molar-refractivity contribution in [2.75, 3.05) is 6.61 Å². The van der Waals surface area contributed by atoms with E-state index in [1.165, 1.54) is 19.1 Å². The smallest absolute Gasteiger partial charge is 0.127 e. The minimum Gasteiger partial charge on any atom is -0.396 e. The molecule has 0 spiro atoms. The maximum Gasteiger partial charge on any atom is 0.127 e. The summed E-state index contributed by atoms with van der Waals surface area (Å²) in [6.45, 7) is 1.25. The van der Waals surface area contributed by atoms with Gasteiger partial charge in [0.2, 0.25) is 0 Å². The van der Waals surface area contributed by atoms with Crippen LogP contribution < -0.4 is 0 Å². The van der Waals surface area contributed by atoms with Crippen molar-refractivity contribution in [2.45, 2.75) is 25.6 Å². The lowest BCUT2D eigenvalue weighted by molar-refractivity contribution is 0.00421. The first-order chi connectivity index (χ1) is 7.49. The molecule has 1 aromatic rings. The fourth-order valence-corrected chi connectivity index (χ4v) is 1.67. The number of rotatable bonds is 4. The molecule has 0 aliphatic carbocycles. The van der Waals surface area contributed by atoms with E-state index in [9.17, 15) is 14.6 Å². The van der Waals surface area contributed by atoms with E-state index in [0.29, 0.717) is 0 Å². The molecule has 0 aliphatic heterocycles. The second kappa shape index (κ2) is 5.59. The van der Waals surface area contributed by atoms with Crippen molar-refractivity contribution in [3.63, 3.8) is 0 Å². The fourth-order valence-electron chi connectivity index (χ4n) is 1.41. The predicted molar refractivity (Wildman–Crippen MR) is 58.8 cm³/mol. The summed E-state index contributed by atoms with van der Waals surface area (Å²) in [4.78, 5) is 0. The molecule has 0 aromatic heterocycles. The Morgan fingerprint density at radius 1 is 1.38 bits per heavy atom. The third-order valence-electron chi connectivity index (χ3n) is 2.46. The Morgan fingerprint density at radius 3 is 2.56 bits per heavy atom. The lowest BCUT2D eigenvalue weighted by Gasteiger charge is -2.19. The molecular weight excluding hydrogens is 235 g/mol. The molecule has 3 N–H and O–H groups in total. The summed E-state index contributed by atoms with van der Waals surface area (Å²) in [5.41, 5.74) is 0.496. The molecular formula is C11H14ClFO3. The average Bonchev–Trinajstić information content (AvgIpc) is 2.26. The second-order valence-electron chi connectivity index (χ2n) is 3.60. The summed E-state index contributed by atoms with van der Waals surface area (Å²) in [7, 11) is 0. The molecule has 2 atom stereocenters. The van der Waals surface area contributed by atoms with Crippen molar-refractivity contribution in [2.24, 2.45) is 0 Å². The molecule has 0 saturated carbocycles. The third kappa shape index (κ3) is 2.71. The minimum absolute atomic E-state index is 0.0356. The molecule has 1 rings (SSSR count). The van der Waals surface area contributed by atoms with E-state index in [2.05, 4.69) is 0 Å². The van der Waals surface area contributed by atoms with Crippen LogP contribution in [0.5, 0.6) is 0 Å². The molecule has 0 saturated heterocycles. The summed E-state index contributed by atoms with van der Waals surface area (Å²) < 4.78 is 13.1. The molecule has 0 amide bonds. The number of aliphatic hydroxyl groups excluding tert-OH is 3. The van der Waals surface area contributed by atoms with Gasteiger partial charge >= 0.3 is 0 Å². The predicted octanol–water partition coefficient (Wildman–Crippen LogP) is 1.56. The maximum absolute atomic E-state index is 13.1. The van der Waals surface area contributed by atoms with Crippen LogP contribution in [0.4, 0.5) is 4.39 Å². The molecule has 0 fully saturated rings. The van der Waals surface area contributed by atoms with Crippen LogP contribution in [-0.4, -0.2) is 28.0 Å². The number of hydrogen-bond donors (Lipinski definition) is 3. The van der Waals surface area contributed by atoms with Gasteiger partial charge in [-0.15, -0.1) is 0 Å². The van der Waals surface area contributed by atoms with E-state index in [1.54, 1.807) is 0 Å². The third-order valence-corrected chi connectivity index (χ3v) is 2.96. The summed E-state index contributed by atoms with van der Waals surface area (Å²) in [5.74, 6) is -0.461. The molecule has 0 aliphatic rings. The van der Waals surface area contributed by atoms with Crippen LogP contribution in [0.15, 0.2) is 12.1 Å². The highest BCUT2D eigenvalue weighted by Gasteiger charge is 2.21. The normalized spacial score (nSPS) is 14.9. The molecule has 5 heteroatoms. The summed E-state index contributed by atoms with van der Waals surface area (Å²) in [6.07, 6.45) is -2.31. The average molecular weight is 249 g/mol. The molecule has 0 heterocycles. The number of hydrogen-bond acceptors (Lipinski definition) is 3. The van der Waals surface area contributed by atoms with Gasteiger partial charge in [0, 0.05) is 17.7 Å². The SMILES string of the molecule is Cc1c(F)ccc(C(O)C(O)CCO)c1Cl. The summed E-state index contributed by atoms with van der Waals surface area (Å²) >= 11 is 5.86. The summed E-state index contributed by atoms with van der Waals surface area (Å²) in [5, 5.41) is 28.0. The van der Waals surface area contributed by atoms with Gasteiger partial charge in [-0.3, -0.25) is 0 Å². The first-order valence-corrected chi connectivity index (χ1v) is 5.28. The molecule has 0 radical (unpaired) electrons. The van der Waals surface area contributed by atoms with Crippen molar-refractivity contribution in [1.82, 2.24) is 0 Å². The zero-order valence-electron chi connectivity index (χ0n) is 8.82. The first-order valence-electron chi connectivity index (χ1n) is 4.90. The Kier molecular flexibility index (Phi) is 4.68. The van der Waals surface area contributed by atoms with Crippen molar-refractivity contribution >= 4 is 11.6 Å². The van der Waals surface area contributed by atoms with Gasteiger partial charge in [-0.1, -0.05) is 17.7 Å². The number of benzene rings is 1. The van der Waals surface area contributed by atoms with Crippen molar-refractivity contribution in [3.05, 3.63) is 34.1 Å². The maximum atomic E-state index is 13.1. The Labute approximate surface area is 98.1 Å². The van der Waals surface area contributed by atoms with Crippen LogP contribution in [0.1, 0.15) is 23.7 Å². The van der Waals surface area contributed by atoms with Gasteiger partial charge in [0.15, 0.2) is 0 Å². The Balaban J connectivity index is 3.00. The van der Waals surface area contributed by atoms with Crippen molar-refractivity contribution < 1.29 is 19.7 Å². The quantitative estimate of drug-likeness (QED) is 0.758. The van der Waals surface area contributed by atoms with Crippen LogP contribution in [0, 0.1) is 12.7 Å². The number of halogens is 2. The standard InChI is InChI=1S/C11H14ClFO3/c1-6-8(13)3-2-7(10(6)12)11(16)9(15)4-5-14/h2-3,9,11,14-16H,4-5H2,1H3. The van der Waals surface area contributed by atoms with Crippen LogP contribution in [-0.2, 0) is 0 Å². The van der Waals surface area contributed by atoms with Gasteiger partial charge in [-0.2, -0.15) is 0 Å². The van der Waals surface area contributed by atoms with E-state index in [-0.39, 0.29) is 29.2 Å². The van der Waals surface area contributed by atoms with Crippen LogP contribution in [0.3, 0.4) is 0 Å². The van der Waals surface area contributed by atoms with Gasteiger partial charge < -0.3 is 15.3 Å². The summed E-state index contributed by atoms with van der Waals surface area (Å²) in [6, 6.07) is 2.52. The lowest BCUT2D eigenvalue weighted by Crippen LogP contribution is -2.20. The first kappa shape index (κ1) is 13.4. The molecule has 3 nitrogen and oxygen atoms in total. The van der Waals surface area contributed by atoms with Crippen LogP contribution in [0.2, 0.25) is 5.02 Å². The molecule has 90 valence electrons.